The first-order valence-electron chi connectivity index (χ1n) is 8.31. The molecule has 0 aliphatic heterocycles. The van der Waals surface area contributed by atoms with E-state index in [0.717, 1.165) is 35.4 Å². The third-order valence-corrected chi connectivity index (χ3v) is 11.5. The lowest BCUT2D eigenvalue weighted by Gasteiger charge is -2.39. The van der Waals surface area contributed by atoms with E-state index < -0.39 is 8.32 Å². The van der Waals surface area contributed by atoms with Crippen molar-refractivity contribution in [3.8, 4) is 0 Å². The fraction of sp³-hybridized carbons (Fsp3) is 0.882. The molecule has 2 aliphatic carbocycles. The van der Waals surface area contributed by atoms with Crippen LogP contribution in [0.5, 0.6) is 0 Å². The lowest BCUT2D eigenvalue weighted by Crippen LogP contribution is -2.45. The minimum Gasteiger partial charge on any atom is -0.417 e. The van der Waals surface area contributed by atoms with Crippen LogP contribution in [-0.2, 0) is 4.43 Å². The molecule has 0 aromatic carbocycles. The molecule has 0 radical (unpaired) electrons. The molecular weight excluding hydrogens is 248 g/mol. The van der Waals surface area contributed by atoms with Crippen LogP contribution in [-0.4, -0.2) is 14.9 Å². The number of hydrogen-bond donors (Lipinski definition) is 0. The zero-order valence-electron chi connectivity index (χ0n) is 13.5. The third-order valence-electron chi connectivity index (χ3n) is 5.69. The first-order chi connectivity index (χ1) is 8.99. The van der Waals surface area contributed by atoms with Gasteiger partial charge in [0.05, 0.1) is 0 Å². The fourth-order valence-corrected chi connectivity index (χ4v) is 9.21. The van der Waals surface area contributed by atoms with Crippen molar-refractivity contribution in [2.45, 2.75) is 71.0 Å². The molecule has 0 amide bonds. The van der Waals surface area contributed by atoms with E-state index >= 15 is 0 Å². The van der Waals surface area contributed by atoms with E-state index in [1.165, 1.54) is 25.3 Å². The summed E-state index contributed by atoms with van der Waals surface area (Å²) in [6.45, 7) is 12.6. The quantitative estimate of drug-likeness (QED) is 0.449. The first kappa shape index (κ1) is 15.3. The summed E-state index contributed by atoms with van der Waals surface area (Å²) in [7, 11) is -1.57. The highest BCUT2D eigenvalue weighted by Gasteiger charge is 2.43. The maximum atomic E-state index is 6.41. The van der Waals surface area contributed by atoms with Gasteiger partial charge in [0.1, 0.15) is 0 Å². The predicted octanol–water partition coefficient (Wildman–Crippen LogP) is 5.39. The summed E-state index contributed by atoms with van der Waals surface area (Å²) in [4.78, 5) is 0. The summed E-state index contributed by atoms with van der Waals surface area (Å²) >= 11 is 0. The summed E-state index contributed by atoms with van der Waals surface area (Å²) in [6.07, 6.45) is 9.26. The third kappa shape index (κ3) is 3.00. The predicted molar refractivity (Wildman–Crippen MR) is 85.8 cm³/mol. The van der Waals surface area contributed by atoms with E-state index in [1.807, 2.05) is 0 Å². The maximum absolute atomic E-state index is 6.41. The van der Waals surface area contributed by atoms with Gasteiger partial charge in [-0.1, -0.05) is 46.3 Å². The second kappa shape index (κ2) is 6.13. The SMILES string of the molecule is CCO[Si](CCC1CC2C=CC1C2)(C(C)C)C(C)C. The Labute approximate surface area is 120 Å². The highest BCUT2D eigenvalue weighted by atomic mass is 28.4. The van der Waals surface area contributed by atoms with Gasteiger partial charge in [-0.15, -0.1) is 0 Å². The summed E-state index contributed by atoms with van der Waals surface area (Å²) in [6, 6.07) is 1.37. The van der Waals surface area contributed by atoms with Crippen LogP contribution in [0.25, 0.3) is 0 Å². The molecule has 3 atom stereocenters. The normalized spacial score (nSPS) is 29.9. The van der Waals surface area contributed by atoms with Gasteiger partial charge in [0, 0.05) is 6.61 Å². The van der Waals surface area contributed by atoms with E-state index in [0.29, 0.717) is 0 Å². The molecule has 0 heterocycles. The highest BCUT2D eigenvalue weighted by Crippen LogP contribution is 2.48. The van der Waals surface area contributed by atoms with Gasteiger partial charge in [-0.05, 0) is 54.6 Å². The molecule has 2 bridgehead atoms. The monoisotopic (exact) mass is 280 g/mol. The fourth-order valence-electron chi connectivity index (χ4n) is 4.56. The lowest BCUT2D eigenvalue weighted by atomic mass is 9.91. The van der Waals surface area contributed by atoms with Crippen molar-refractivity contribution in [1.82, 2.24) is 0 Å². The maximum Gasteiger partial charge on any atom is 0.197 e. The molecule has 19 heavy (non-hydrogen) atoms. The summed E-state index contributed by atoms with van der Waals surface area (Å²) in [5.41, 5.74) is 1.48. The Balaban J connectivity index is 1.98. The number of hydrogen-bond acceptors (Lipinski definition) is 1. The van der Waals surface area contributed by atoms with Crippen LogP contribution in [0.1, 0.15) is 53.9 Å². The van der Waals surface area contributed by atoms with Gasteiger partial charge in [0.25, 0.3) is 0 Å². The van der Waals surface area contributed by atoms with E-state index in [1.54, 1.807) is 0 Å². The molecular formula is C17H32OSi. The summed E-state index contributed by atoms with van der Waals surface area (Å²) in [5, 5.41) is 0. The number of rotatable bonds is 7. The van der Waals surface area contributed by atoms with Crippen molar-refractivity contribution in [3.63, 3.8) is 0 Å². The average Bonchev–Trinajstić information content (AvgIpc) is 2.95. The summed E-state index contributed by atoms with van der Waals surface area (Å²) < 4.78 is 6.41. The van der Waals surface area contributed by atoms with Gasteiger partial charge < -0.3 is 4.43 Å². The van der Waals surface area contributed by atoms with E-state index in [4.69, 9.17) is 4.43 Å². The van der Waals surface area contributed by atoms with Crippen molar-refractivity contribution in [3.05, 3.63) is 12.2 Å². The average molecular weight is 281 g/mol. The van der Waals surface area contributed by atoms with E-state index in [2.05, 4.69) is 46.8 Å². The summed E-state index contributed by atoms with van der Waals surface area (Å²) in [5.74, 6) is 2.77. The van der Waals surface area contributed by atoms with Crippen molar-refractivity contribution in [1.29, 1.82) is 0 Å². The van der Waals surface area contributed by atoms with Crippen molar-refractivity contribution in [2.75, 3.05) is 6.61 Å². The van der Waals surface area contributed by atoms with Gasteiger partial charge in [0.2, 0.25) is 0 Å². The molecule has 0 N–H and O–H groups in total. The van der Waals surface area contributed by atoms with Gasteiger partial charge in [-0.3, -0.25) is 0 Å². The highest BCUT2D eigenvalue weighted by molar-refractivity contribution is 6.76. The molecule has 110 valence electrons. The molecule has 1 nitrogen and oxygen atoms in total. The minimum atomic E-state index is -1.57. The Morgan fingerprint density at radius 3 is 2.21 bits per heavy atom. The lowest BCUT2D eigenvalue weighted by molar-refractivity contribution is 0.297. The van der Waals surface area contributed by atoms with Gasteiger partial charge >= 0.3 is 0 Å². The Kier molecular flexibility index (Phi) is 4.94. The van der Waals surface area contributed by atoms with Crippen molar-refractivity contribution in [2.24, 2.45) is 17.8 Å². The standard InChI is InChI=1S/C17H32OSi/c1-6-18-19(13(2)3,14(4)5)10-9-17-12-15-7-8-16(17)11-15/h7-8,13-17H,6,9-12H2,1-5H3. The zero-order valence-corrected chi connectivity index (χ0v) is 14.5. The van der Waals surface area contributed by atoms with Gasteiger partial charge in [-0.2, -0.15) is 0 Å². The Morgan fingerprint density at radius 1 is 1.11 bits per heavy atom. The number of fused-ring (bicyclic) bond motifs is 2. The van der Waals surface area contributed by atoms with Crippen LogP contribution in [0.4, 0.5) is 0 Å². The molecule has 1 saturated carbocycles. The Bertz CT molecular complexity index is 313. The molecule has 0 aromatic heterocycles. The van der Waals surface area contributed by atoms with Crippen LogP contribution in [0, 0.1) is 17.8 Å². The molecule has 1 fully saturated rings. The van der Waals surface area contributed by atoms with E-state index in [-0.39, 0.29) is 0 Å². The molecule has 0 saturated heterocycles. The molecule has 2 heteroatoms. The molecule has 2 rings (SSSR count). The van der Waals surface area contributed by atoms with Crippen LogP contribution >= 0.6 is 0 Å². The topological polar surface area (TPSA) is 9.23 Å². The van der Waals surface area contributed by atoms with Crippen molar-refractivity contribution >= 4 is 8.32 Å². The Morgan fingerprint density at radius 2 is 1.79 bits per heavy atom. The molecule has 3 unspecified atom stereocenters. The van der Waals surface area contributed by atoms with Gasteiger partial charge in [-0.25, -0.2) is 0 Å². The van der Waals surface area contributed by atoms with Crippen LogP contribution in [0.3, 0.4) is 0 Å². The van der Waals surface area contributed by atoms with Gasteiger partial charge in [0.15, 0.2) is 8.32 Å². The smallest absolute Gasteiger partial charge is 0.197 e. The first-order valence-corrected chi connectivity index (χ1v) is 10.6. The number of allylic oxidation sites excluding steroid dienone is 2. The van der Waals surface area contributed by atoms with Crippen LogP contribution < -0.4 is 0 Å². The molecule has 0 aromatic rings. The minimum absolute atomic E-state index is 0.738. The Hall–Kier alpha value is -0.0831. The van der Waals surface area contributed by atoms with Crippen LogP contribution in [0.15, 0.2) is 12.2 Å². The second-order valence-corrected chi connectivity index (χ2v) is 12.3. The van der Waals surface area contributed by atoms with E-state index in [9.17, 15) is 0 Å². The molecule has 0 spiro atoms. The van der Waals surface area contributed by atoms with Crippen LogP contribution in [0.2, 0.25) is 17.1 Å². The molecule has 2 aliphatic rings. The second-order valence-electron chi connectivity index (χ2n) is 7.28. The van der Waals surface area contributed by atoms with Crippen molar-refractivity contribution < 1.29 is 4.43 Å². The zero-order chi connectivity index (χ0) is 14.0. The largest absolute Gasteiger partial charge is 0.417 e.